The van der Waals surface area contributed by atoms with Crippen molar-refractivity contribution < 1.29 is 17.9 Å². The summed E-state index contributed by atoms with van der Waals surface area (Å²) < 4.78 is 32.2. The number of hydrogen-bond acceptors (Lipinski definition) is 6. The number of carbonyl (C=O) groups is 1. The molecular formula is C24H25N5O4S. The number of rotatable bonds is 5. The van der Waals surface area contributed by atoms with Gasteiger partial charge in [0.05, 0.1) is 11.4 Å². The third kappa shape index (κ3) is 4.28. The van der Waals surface area contributed by atoms with Crippen molar-refractivity contribution in [2.75, 3.05) is 19.3 Å². The third-order valence-electron chi connectivity index (χ3n) is 6.07. The number of amides is 1. The van der Waals surface area contributed by atoms with Crippen molar-refractivity contribution in [3.63, 3.8) is 0 Å². The number of aromatic nitrogens is 4. The van der Waals surface area contributed by atoms with Gasteiger partial charge in [-0.2, -0.15) is 5.10 Å². The smallest absolute Gasteiger partial charge is 0.219 e. The highest BCUT2D eigenvalue weighted by Gasteiger charge is 2.30. The zero-order chi connectivity index (χ0) is 24.0. The number of nitrogens with zero attached hydrogens (tertiary/aromatic N) is 4. The monoisotopic (exact) mass is 479 g/mol. The molecule has 1 saturated heterocycles. The average Bonchev–Trinajstić information content (AvgIpc) is 3.52. The van der Waals surface area contributed by atoms with Gasteiger partial charge in [0, 0.05) is 56.3 Å². The molecule has 10 heteroatoms. The summed E-state index contributed by atoms with van der Waals surface area (Å²) in [6, 6.07) is 12.8. The van der Waals surface area contributed by atoms with Gasteiger partial charge in [0.2, 0.25) is 5.91 Å². The van der Waals surface area contributed by atoms with E-state index in [1.165, 1.54) is 13.0 Å². The molecule has 1 unspecified atom stereocenters. The van der Waals surface area contributed by atoms with E-state index in [1.54, 1.807) is 15.6 Å². The van der Waals surface area contributed by atoms with Crippen LogP contribution in [0.2, 0.25) is 0 Å². The van der Waals surface area contributed by atoms with Crippen LogP contribution in [0.5, 0.6) is 11.5 Å². The molecule has 3 aromatic heterocycles. The minimum atomic E-state index is -3.48. The molecule has 5 rings (SSSR count). The molecule has 4 aromatic rings. The second-order valence-corrected chi connectivity index (χ2v) is 10.6. The molecule has 0 saturated carbocycles. The Morgan fingerprint density at radius 1 is 1.18 bits per heavy atom. The molecule has 1 N–H and O–H groups in total. The summed E-state index contributed by atoms with van der Waals surface area (Å²) in [7, 11) is -1.61. The lowest BCUT2D eigenvalue weighted by atomic mass is 10.0. The van der Waals surface area contributed by atoms with E-state index in [2.05, 4.69) is 15.1 Å². The number of aromatic amines is 1. The maximum atomic E-state index is 12.1. The third-order valence-corrected chi connectivity index (χ3v) is 7.06. The highest BCUT2D eigenvalue weighted by molar-refractivity contribution is 7.90. The van der Waals surface area contributed by atoms with Crippen molar-refractivity contribution in [1.82, 2.24) is 24.6 Å². The van der Waals surface area contributed by atoms with Gasteiger partial charge in [-0.25, -0.2) is 13.4 Å². The van der Waals surface area contributed by atoms with Gasteiger partial charge in [0.15, 0.2) is 14.9 Å². The zero-order valence-corrected chi connectivity index (χ0v) is 20.0. The average molecular weight is 480 g/mol. The molecule has 1 fully saturated rings. The van der Waals surface area contributed by atoms with E-state index in [4.69, 9.17) is 4.74 Å². The molecule has 4 heterocycles. The Morgan fingerprint density at radius 3 is 2.68 bits per heavy atom. The van der Waals surface area contributed by atoms with Crippen molar-refractivity contribution in [3.05, 3.63) is 54.4 Å². The summed E-state index contributed by atoms with van der Waals surface area (Å²) in [5.41, 5.74) is 3.25. The summed E-state index contributed by atoms with van der Waals surface area (Å²) in [4.78, 5) is 21.4. The Hall–Kier alpha value is -3.66. The number of nitrogens with one attached hydrogen (secondary N) is 1. The Morgan fingerprint density at radius 2 is 2.00 bits per heavy atom. The number of benzene rings is 1. The van der Waals surface area contributed by atoms with Gasteiger partial charge in [-0.3, -0.25) is 9.48 Å². The van der Waals surface area contributed by atoms with Gasteiger partial charge >= 0.3 is 0 Å². The van der Waals surface area contributed by atoms with Crippen LogP contribution < -0.4 is 4.74 Å². The summed E-state index contributed by atoms with van der Waals surface area (Å²) in [6.45, 7) is 2.62. The molecular weight excluding hydrogens is 454 g/mol. The second-order valence-electron chi connectivity index (χ2n) is 8.66. The lowest BCUT2D eigenvalue weighted by Gasteiger charge is -2.17. The van der Waals surface area contributed by atoms with Crippen LogP contribution in [0.3, 0.4) is 0 Å². The van der Waals surface area contributed by atoms with Crippen LogP contribution in [-0.4, -0.2) is 58.3 Å². The molecule has 0 bridgehead atoms. The van der Waals surface area contributed by atoms with Gasteiger partial charge in [-0.15, -0.1) is 0 Å². The number of hydrogen-bond donors (Lipinski definition) is 1. The predicted octanol–water partition coefficient (Wildman–Crippen LogP) is 3.50. The SMILES string of the molecule is CC(=O)N1CCC(c2nc(S(C)(=O)=O)ccc2Oc2ccc3[nH]c(-c4ccn(C)n4)cc3c2)C1. The Balaban J connectivity index is 1.49. The molecule has 1 amide bonds. The standard InChI is InChI=1S/C24H25N5O4S/c1-15(30)29-11-8-16(14-29)24-22(6-7-23(26-24)34(3,31)32)33-18-4-5-19-17(12-18)13-21(25-19)20-9-10-28(2)27-20/h4-7,9-10,12-13,16,25H,8,11,14H2,1-3H3. The minimum Gasteiger partial charge on any atom is -0.455 e. The first kappa shape index (κ1) is 22.1. The van der Waals surface area contributed by atoms with E-state index in [9.17, 15) is 13.2 Å². The summed E-state index contributed by atoms with van der Waals surface area (Å²) >= 11 is 0. The number of aryl methyl sites for hydroxylation is 1. The quantitative estimate of drug-likeness (QED) is 0.469. The largest absolute Gasteiger partial charge is 0.455 e. The summed E-state index contributed by atoms with van der Waals surface area (Å²) in [5, 5.41) is 5.40. The van der Waals surface area contributed by atoms with Crippen LogP contribution in [-0.2, 0) is 21.7 Å². The number of sulfone groups is 1. The van der Waals surface area contributed by atoms with Gasteiger partial charge in [0.1, 0.15) is 17.2 Å². The number of likely N-dealkylation sites (tertiary alicyclic amines) is 1. The molecule has 0 radical (unpaired) electrons. The van der Waals surface area contributed by atoms with Crippen molar-refractivity contribution in [1.29, 1.82) is 0 Å². The molecule has 9 nitrogen and oxygen atoms in total. The maximum absolute atomic E-state index is 12.1. The van der Waals surface area contributed by atoms with Crippen LogP contribution in [0.4, 0.5) is 0 Å². The molecule has 176 valence electrons. The van der Waals surface area contributed by atoms with Gasteiger partial charge in [-0.05, 0) is 48.9 Å². The van der Waals surface area contributed by atoms with Crippen LogP contribution in [0.25, 0.3) is 22.3 Å². The number of H-pyrrole nitrogens is 1. The van der Waals surface area contributed by atoms with Gasteiger partial charge in [0.25, 0.3) is 0 Å². The van der Waals surface area contributed by atoms with E-state index >= 15 is 0 Å². The van der Waals surface area contributed by atoms with Crippen molar-refractivity contribution >= 4 is 26.6 Å². The van der Waals surface area contributed by atoms with E-state index in [0.29, 0.717) is 36.7 Å². The molecule has 0 spiro atoms. The van der Waals surface area contributed by atoms with E-state index in [-0.39, 0.29) is 16.9 Å². The molecule has 1 aliphatic heterocycles. The topological polar surface area (TPSA) is 110 Å². The van der Waals surface area contributed by atoms with Crippen LogP contribution in [0.15, 0.2) is 53.7 Å². The molecule has 34 heavy (non-hydrogen) atoms. The molecule has 0 aliphatic carbocycles. The Kier molecular flexibility index (Phi) is 5.40. The number of fused-ring (bicyclic) bond motifs is 1. The van der Waals surface area contributed by atoms with Crippen LogP contribution >= 0.6 is 0 Å². The summed E-state index contributed by atoms with van der Waals surface area (Å²) in [6.07, 6.45) is 3.72. The number of pyridine rings is 1. The normalized spacial score (nSPS) is 16.3. The van der Waals surface area contributed by atoms with Crippen LogP contribution in [0.1, 0.15) is 25.0 Å². The Labute approximate surface area is 197 Å². The first-order valence-electron chi connectivity index (χ1n) is 10.9. The Bertz CT molecular complexity index is 1500. The van der Waals surface area contributed by atoms with E-state index < -0.39 is 9.84 Å². The van der Waals surface area contributed by atoms with Gasteiger partial charge in [-0.1, -0.05) is 0 Å². The second kappa shape index (κ2) is 8.28. The fourth-order valence-corrected chi connectivity index (χ4v) is 4.88. The van der Waals surface area contributed by atoms with E-state index in [0.717, 1.165) is 28.5 Å². The fourth-order valence-electron chi connectivity index (χ4n) is 4.30. The molecule has 1 aliphatic rings. The molecule has 1 aromatic carbocycles. The highest BCUT2D eigenvalue weighted by atomic mass is 32.2. The minimum absolute atomic E-state index is 0.00258. The summed E-state index contributed by atoms with van der Waals surface area (Å²) in [5.74, 6) is 0.983. The van der Waals surface area contributed by atoms with Crippen molar-refractivity contribution in [3.8, 4) is 22.9 Å². The lowest BCUT2D eigenvalue weighted by Crippen LogP contribution is -2.25. The van der Waals surface area contributed by atoms with Crippen molar-refractivity contribution in [2.45, 2.75) is 24.3 Å². The van der Waals surface area contributed by atoms with Crippen LogP contribution in [0, 0.1) is 0 Å². The van der Waals surface area contributed by atoms with Gasteiger partial charge < -0.3 is 14.6 Å². The maximum Gasteiger partial charge on any atom is 0.219 e. The molecule has 1 atom stereocenters. The first-order chi connectivity index (χ1) is 16.2. The fraction of sp³-hybridized carbons (Fsp3) is 0.292. The first-order valence-corrected chi connectivity index (χ1v) is 12.8. The zero-order valence-electron chi connectivity index (χ0n) is 19.1. The predicted molar refractivity (Wildman–Crippen MR) is 128 cm³/mol. The highest BCUT2D eigenvalue weighted by Crippen LogP contribution is 2.36. The number of carbonyl (C=O) groups excluding carboxylic acids is 1. The van der Waals surface area contributed by atoms with E-state index in [1.807, 2.05) is 43.6 Å². The lowest BCUT2D eigenvalue weighted by molar-refractivity contribution is -0.127. The number of ether oxygens (including phenoxy) is 1. The van der Waals surface area contributed by atoms with Crippen molar-refractivity contribution in [2.24, 2.45) is 7.05 Å².